The Morgan fingerprint density at radius 3 is 1.97 bits per heavy atom. The Bertz CT molecular complexity index is 654. The number of hydrogen-bond donors (Lipinski definition) is 2. The lowest BCUT2D eigenvalue weighted by Gasteiger charge is -2.20. The van der Waals surface area contributed by atoms with Gasteiger partial charge in [-0.25, -0.2) is 4.79 Å². The van der Waals surface area contributed by atoms with Gasteiger partial charge in [0.25, 0.3) is 0 Å². The van der Waals surface area contributed by atoms with Crippen molar-refractivity contribution in [2.75, 3.05) is 7.05 Å². The van der Waals surface area contributed by atoms with Crippen LogP contribution in [0.4, 0.5) is 4.79 Å². The maximum atomic E-state index is 12.5. The Kier molecular flexibility index (Phi) is 11.7. The highest BCUT2D eigenvalue weighted by atomic mass is 16.6. The smallest absolute Gasteiger partial charge is 0.407 e. The molecule has 0 heterocycles. The fraction of sp³-hybridized carbons (Fsp3) is 0.692. The first-order chi connectivity index (χ1) is 14.5. The van der Waals surface area contributed by atoms with Crippen molar-refractivity contribution in [3.63, 3.8) is 0 Å². The number of alkyl carbamates (subject to hydrolysis) is 1. The van der Waals surface area contributed by atoms with Crippen LogP contribution < -0.4 is 10.6 Å². The average molecular weight is 433 g/mol. The van der Waals surface area contributed by atoms with Gasteiger partial charge in [0.05, 0.1) is 5.92 Å². The zero-order valence-electron chi connectivity index (χ0n) is 20.7. The fourth-order valence-electron chi connectivity index (χ4n) is 3.64. The third-order valence-corrected chi connectivity index (χ3v) is 5.32. The van der Waals surface area contributed by atoms with Gasteiger partial charge in [-0.3, -0.25) is 4.79 Å². The molecule has 1 fully saturated rings. The normalized spacial score (nSPS) is 15.9. The first kappa shape index (κ1) is 27.0. The van der Waals surface area contributed by atoms with Crippen LogP contribution in [0.2, 0.25) is 0 Å². The molecule has 1 atom stereocenters. The quantitative estimate of drug-likeness (QED) is 0.563. The Hall–Kier alpha value is -2.04. The molecule has 1 unspecified atom stereocenters. The Morgan fingerprint density at radius 2 is 1.55 bits per heavy atom. The monoisotopic (exact) mass is 432 g/mol. The lowest BCUT2D eigenvalue weighted by molar-refractivity contribution is -0.123. The van der Waals surface area contributed by atoms with Crippen LogP contribution in [0.1, 0.15) is 97.1 Å². The second-order valence-corrected chi connectivity index (χ2v) is 10.0. The molecule has 5 nitrogen and oxygen atoms in total. The fourth-order valence-corrected chi connectivity index (χ4v) is 3.64. The number of amides is 2. The molecule has 1 saturated carbocycles. The van der Waals surface area contributed by atoms with Crippen LogP contribution in [0, 0.1) is 5.92 Å². The molecule has 0 radical (unpaired) electrons. The van der Waals surface area contributed by atoms with Crippen LogP contribution in [0.25, 0.3) is 0 Å². The SMILES string of the molecule is CC(C)Cc1ccc(C(C)C(=O)NC2CCCCCC2)cc1.CNC(=O)OC(C)(C)C. The molecule has 31 heavy (non-hydrogen) atoms. The maximum Gasteiger partial charge on any atom is 0.407 e. The topological polar surface area (TPSA) is 67.4 Å². The van der Waals surface area contributed by atoms with E-state index in [0.717, 1.165) is 24.8 Å². The number of hydrogen-bond acceptors (Lipinski definition) is 3. The minimum Gasteiger partial charge on any atom is -0.444 e. The molecule has 2 N–H and O–H groups in total. The molecule has 0 aromatic heterocycles. The predicted molar refractivity (Wildman–Crippen MR) is 128 cm³/mol. The van der Waals surface area contributed by atoms with Gasteiger partial charge in [-0.05, 0) is 64.0 Å². The molecule has 1 aliphatic carbocycles. The molecular weight excluding hydrogens is 388 g/mol. The summed E-state index contributed by atoms with van der Waals surface area (Å²) in [5, 5.41) is 5.63. The van der Waals surface area contributed by atoms with Gasteiger partial charge in [-0.1, -0.05) is 63.8 Å². The van der Waals surface area contributed by atoms with Gasteiger partial charge >= 0.3 is 6.09 Å². The third-order valence-electron chi connectivity index (χ3n) is 5.32. The largest absolute Gasteiger partial charge is 0.444 e. The summed E-state index contributed by atoms with van der Waals surface area (Å²) in [7, 11) is 1.54. The lowest BCUT2D eigenvalue weighted by atomic mass is 9.96. The number of carbonyl (C=O) groups excluding carboxylic acids is 2. The van der Waals surface area contributed by atoms with E-state index in [2.05, 4.69) is 48.7 Å². The van der Waals surface area contributed by atoms with Gasteiger partial charge in [-0.15, -0.1) is 0 Å². The van der Waals surface area contributed by atoms with Crippen LogP contribution in [0.5, 0.6) is 0 Å². The van der Waals surface area contributed by atoms with E-state index < -0.39 is 0 Å². The molecular formula is C26H44N2O3. The van der Waals surface area contributed by atoms with Crippen molar-refractivity contribution in [3.05, 3.63) is 35.4 Å². The summed E-state index contributed by atoms with van der Waals surface area (Å²) in [4.78, 5) is 23.0. The van der Waals surface area contributed by atoms with Crippen LogP contribution in [-0.4, -0.2) is 30.7 Å². The summed E-state index contributed by atoms with van der Waals surface area (Å²) in [6.07, 6.45) is 8.15. The highest BCUT2D eigenvalue weighted by molar-refractivity contribution is 5.83. The summed E-state index contributed by atoms with van der Waals surface area (Å²) >= 11 is 0. The molecule has 0 bridgehead atoms. The van der Waals surface area contributed by atoms with Crippen molar-refractivity contribution < 1.29 is 14.3 Å². The molecule has 2 amide bonds. The first-order valence-electron chi connectivity index (χ1n) is 11.8. The lowest BCUT2D eigenvalue weighted by Crippen LogP contribution is -2.37. The average Bonchev–Trinajstić information content (AvgIpc) is 2.95. The molecule has 0 spiro atoms. The highest BCUT2D eigenvalue weighted by Crippen LogP contribution is 2.21. The van der Waals surface area contributed by atoms with E-state index in [1.807, 2.05) is 27.7 Å². The second kappa shape index (κ2) is 13.4. The summed E-state index contributed by atoms with van der Waals surface area (Å²) in [6, 6.07) is 8.97. The number of nitrogens with one attached hydrogen (secondary N) is 2. The Balaban J connectivity index is 0.000000452. The molecule has 1 aromatic rings. The minimum atomic E-state index is -0.389. The van der Waals surface area contributed by atoms with Crippen LogP contribution in [-0.2, 0) is 16.0 Å². The van der Waals surface area contributed by atoms with Crippen molar-refractivity contribution >= 4 is 12.0 Å². The molecule has 176 valence electrons. The summed E-state index contributed by atoms with van der Waals surface area (Å²) in [5.74, 6) is 0.793. The summed E-state index contributed by atoms with van der Waals surface area (Å²) in [5.41, 5.74) is 2.09. The predicted octanol–water partition coefficient (Wildman–Crippen LogP) is 5.97. The summed E-state index contributed by atoms with van der Waals surface area (Å²) in [6.45, 7) is 11.9. The van der Waals surface area contributed by atoms with Gasteiger partial charge < -0.3 is 15.4 Å². The van der Waals surface area contributed by atoms with Gasteiger partial charge in [0.1, 0.15) is 5.60 Å². The van der Waals surface area contributed by atoms with Crippen molar-refractivity contribution in [1.82, 2.24) is 10.6 Å². The number of carbonyl (C=O) groups is 2. The number of rotatable bonds is 5. The van der Waals surface area contributed by atoms with E-state index in [0.29, 0.717) is 12.0 Å². The van der Waals surface area contributed by atoms with Crippen LogP contribution in [0.15, 0.2) is 24.3 Å². The van der Waals surface area contributed by atoms with E-state index >= 15 is 0 Å². The van der Waals surface area contributed by atoms with Crippen molar-refractivity contribution in [1.29, 1.82) is 0 Å². The third kappa shape index (κ3) is 11.8. The van der Waals surface area contributed by atoms with Crippen molar-refractivity contribution in [2.24, 2.45) is 5.92 Å². The Labute approximate surface area is 189 Å². The molecule has 0 saturated heterocycles. The first-order valence-corrected chi connectivity index (χ1v) is 11.8. The molecule has 2 rings (SSSR count). The van der Waals surface area contributed by atoms with Gasteiger partial charge in [0.15, 0.2) is 0 Å². The minimum absolute atomic E-state index is 0.0589. The molecule has 1 aromatic carbocycles. The van der Waals surface area contributed by atoms with E-state index in [-0.39, 0.29) is 23.5 Å². The molecule has 0 aliphatic heterocycles. The van der Waals surface area contributed by atoms with E-state index in [1.165, 1.54) is 38.3 Å². The van der Waals surface area contributed by atoms with Crippen molar-refractivity contribution in [3.8, 4) is 0 Å². The van der Waals surface area contributed by atoms with Crippen molar-refractivity contribution in [2.45, 2.75) is 104 Å². The second-order valence-electron chi connectivity index (χ2n) is 10.0. The molecule has 5 heteroatoms. The van der Waals surface area contributed by atoms with E-state index in [1.54, 1.807) is 0 Å². The maximum absolute atomic E-state index is 12.5. The van der Waals surface area contributed by atoms with Gasteiger partial charge in [0, 0.05) is 13.1 Å². The van der Waals surface area contributed by atoms with Crippen LogP contribution in [0.3, 0.4) is 0 Å². The summed E-state index contributed by atoms with van der Waals surface area (Å²) < 4.78 is 4.84. The van der Waals surface area contributed by atoms with Crippen LogP contribution >= 0.6 is 0 Å². The zero-order chi connectivity index (χ0) is 23.4. The Morgan fingerprint density at radius 1 is 1.00 bits per heavy atom. The van der Waals surface area contributed by atoms with Gasteiger partial charge in [0.2, 0.25) is 5.91 Å². The number of benzene rings is 1. The highest BCUT2D eigenvalue weighted by Gasteiger charge is 2.20. The standard InChI is InChI=1S/C20H31NO.C6H13NO2/c1-15(2)14-17-10-12-18(13-11-17)16(3)20(22)21-19-8-6-4-5-7-9-19;1-6(2,3)9-5(8)7-4/h10-13,15-16,19H,4-9,14H2,1-3H3,(H,21,22);1-4H3,(H,7,8). The van der Waals surface area contributed by atoms with E-state index in [9.17, 15) is 9.59 Å². The number of ether oxygens (including phenoxy) is 1. The molecule has 1 aliphatic rings. The zero-order valence-corrected chi connectivity index (χ0v) is 20.7. The van der Waals surface area contributed by atoms with Gasteiger partial charge in [-0.2, -0.15) is 0 Å². The van der Waals surface area contributed by atoms with E-state index in [4.69, 9.17) is 4.74 Å².